The van der Waals surface area contributed by atoms with E-state index < -0.39 is 36.2 Å². The molecule has 0 saturated carbocycles. The summed E-state index contributed by atoms with van der Waals surface area (Å²) in [4.78, 5) is 75.6. The van der Waals surface area contributed by atoms with Gasteiger partial charge in [-0.1, -0.05) is 42.5 Å². The van der Waals surface area contributed by atoms with E-state index in [1.165, 1.54) is 0 Å². The van der Waals surface area contributed by atoms with Gasteiger partial charge in [0.05, 0.1) is 26.2 Å². The molecule has 2 saturated heterocycles. The van der Waals surface area contributed by atoms with Crippen molar-refractivity contribution in [1.29, 1.82) is 0 Å². The lowest BCUT2D eigenvalue weighted by molar-refractivity contribution is -0.165. The molecule has 4 rings (SSSR count). The van der Waals surface area contributed by atoms with Crippen LogP contribution >= 0.6 is 0 Å². The molecule has 14 nitrogen and oxygen atoms in total. The Morgan fingerprint density at radius 2 is 1.35 bits per heavy atom. The van der Waals surface area contributed by atoms with Crippen LogP contribution in [0.5, 0.6) is 5.75 Å². The minimum Gasteiger partial charge on any atom is -0.489 e. The predicted molar refractivity (Wildman–Crippen MR) is 174 cm³/mol. The van der Waals surface area contributed by atoms with Crippen LogP contribution in [0.1, 0.15) is 52.2 Å². The van der Waals surface area contributed by atoms with Crippen molar-refractivity contribution < 1.29 is 43.0 Å². The van der Waals surface area contributed by atoms with Crippen molar-refractivity contribution in [2.75, 3.05) is 32.9 Å². The summed E-state index contributed by atoms with van der Waals surface area (Å²) < 4.78 is 15.6. The van der Waals surface area contributed by atoms with E-state index in [4.69, 9.17) is 15.2 Å². The standard InChI is InChI=1S/C29H34N4O7.C5H11NO2/c1-20(31-14-25(34)30-26(35)15-31)21(2)32-16-27(36)33(28(37)17-32)19-40-29(38)13-10-22-8-11-24(12-9-22)39-18-23-6-4-3-5-7-23;1-5(2,3)8-4(6)7/h3-9,11-12,20-21H,10,13-19H2,1-2H3,(H,30,34,35);1-3H3,(H2,6,7). The molecule has 48 heavy (non-hydrogen) atoms. The third-order valence-electron chi connectivity index (χ3n) is 7.65. The Morgan fingerprint density at radius 3 is 1.85 bits per heavy atom. The monoisotopic (exact) mass is 667 g/mol. The number of amides is 5. The van der Waals surface area contributed by atoms with Gasteiger partial charge in [-0.25, -0.2) is 9.69 Å². The van der Waals surface area contributed by atoms with Gasteiger partial charge in [-0.2, -0.15) is 0 Å². The van der Waals surface area contributed by atoms with Crippen LogP contribution in [0.15, 0.2) is 54.6 Å². The third kappa shape index (κ3) is 12.4. The number of rotatable bonds is 11. The number of carbonyl (C=O) groups is 6. The molecule has 2 heterocycles. The van der Waals surface area contributed by atoms with Gasteiger partial charge in [0.1, 0.15) is 18.0 Å². The van der Waals surface area contributed by atoms with E-state index in [9.17, 15) is 28.8 Å². The van der Waals surface area contributed by atoms with Gasteiger partial charge in [-0.3, -0.25) is 39.1 Å². The molecule has 3 N–H and O–H groups in total. The van der Waals surface area contributed by atoms with E-state index >= 15 is 0 Å². The Morgan fingerprint density at radius 1 is 0.812 bits per heavy atom. The molecule has 2 aliphatic rings. The SMILES string of the molecule is CC(C(C)N1CC(=O)N(COC(=O)CCc2ccc(OCc3ccccc3)cc2)C(=O)C1)N1CC(=O)NC(=O)C1.CC(C)(C)OC(N)=O. The van der Waals surface area contributed by atoms with Crippen LogP contribution in [-0.4, -0.2) is 101 Å². The summed E-state index contributed by atoms with van der Waals surface area (Å²) in [6.07, 6.45) is -0.180. The lowest BCUT2D eigenvalue weighted by Gasteiger charge is -2.41. The van der Waals surface area contributed by atoms with Gasteiger partial charge in [-0.15, -0.1) is 0 Å². The first kappa shape index (κ1) is 37.6. The van der Waals surface area contributed by atoms with Gasteiger partial charge >= 0.3 is 12.1 Å². The molecule has 2 fully saturated rings. The van der Waals surface area contributed by atoms with Gasteiger partial charge in [0.2, 0.25) is 23.6 Å². The topological polar surface area (TPSA) is 178 Å². The molecule has 0 bridgehead atoms. The summed E-state index contributed by atoms with van der Waals surface area (Å²) in [5, 5.41) is 2.26. The van der Waals surface area contributed by atoms with Crippen molar-refractivity contribution in [2.24, 2.45) is 5.73 Å². The Bertz CT molecular complexity index is 1410. The van der Waals surface area contributed by atoms with Crippen LogP contribution in [-0.2, 0) is 46.5 Å². The third-order valence-corrected chi connectivity index (χ3v) is 7.65. The molecule has 2 aromatic rings. The van der Waals surface area contributed by atoms with Gasteiger partial charge < -0.3 is 19.9 Å². The second-order valence-corrected chi connectivity index (χ2v) is 12.6. The average molecular weight is 668 g/mol. The van der Waals surface area contributed by atoms with Gasteiger partial charge in [0, 0.05) is 18.5 Å². The molecule has 2 aliphatic heterocycles. The van der Waals surface area contributed by atoms with E-state index in [2.05, 4.69) is 10.1 Å². The number of aryl methyl sites for hydroxylation is 1. The first-order valence-corrected chi connectivity index (χ1v) is 15.6. The molecule has 5 amide bonds. The summed E-state index contributed by atoms with van der Waals surface area (Å²) in [6.45, 7) is 9.08. The zero-order valence-corrected chi connectivity index (χ0v) is 28.1. The summed E-state index contributed by atoms with van der Waals surface area (Å²) in [5.74, 6) is -1.48. The zero-order chi connectivity index (χ0) is 35.4. The number of carbonyl (C=O) groups excluding carboxylic acids is 6. The van der Waals surface area contributed by atoms with Crippen molar-refractivity contribution in [3.05, 3.63) is 65.7 Å². The number of ether oxygens (including phenoxy) is 3. The van der Waals surface area contributed by atoms with Crippen molar-refractivity contribution in [3.8, 4) is 5.75 Å². The van der Waals surface area contributed by atoms with Gasteiger partial charge in [-0.05, 0) is 64.3 Å². The highest BCUT2D eigenvalue weighted by Crippen LogP contribution is 2.18. The summed E-state index contributed by atoms with van der Waals surface area (Å²) >= 11 is 0. The van der Waals surface area contributed by atoms with Crippen LogP contribution < -0.4 is 15.8 Å². The number of piperazine rings is 2. The molecule has 0 radical (unpaired) electrons. The Labute approximate surface area is 280 Å². The van der Waals surface area contributed by atoms with Crippen molar-refractivity contribution in [2.45, 2.75) is 71.8 Å². The predicted octanol–water partition coefficient (Wildman–Crippen LogP) is 1.99. The molecule has 0 spiro atoms. The lowest BCUT2D eigenvalue weighted by atomic mass is 10.1. The Kier molecular flexibility index (Phi) is 13.6. The Hall–Kier alpha value is -4.82. The average Bonchev–Trinajstić information content (AvgIpc) is 3.01. The number of esters is 1. The van der Waals surface area contributed by atoms with E-state index in [1.54, 1.807) is 30.6 Å². The molecular formula is C34H45N5O9. The van der Waals surface area contributed by atoms with E-state index in [0.29, 0.717) is 13.0 Å². The molecule has 0 aromatic heterocycles. The number of nitrogens with one attached hydrogen (secondary N) is 1. The lowest BCUT2D eigenvalue weighted by Crippen LogP contribution is -2.62. The largest absolute Gasteiger partial charge is 0.489 e. The number of nitrogens with two attached hydrogens (primary N) is 1. The summed E-state index contributed by atoms with van der Waals surface area (Å²) in [7, 11) is 0. The first-order valence-electron chi connectivity index (χ1n) is 15.6. The van der Waals surface area contributed by atoms with Crippen molar-refractivity contribution in [1.82, 2.24) is 20.0 Å². The second kappa shape index (κ2) is 17.4. The zero-order valence-electron chi connectivity index (χ0n) is 28.1. The number of hydrogen-bond donors (Lipinski definition) is 2. The highest BCUT2D eigenvalue weighted by atomic mass is 16.6. The fraction of sp³-hybridized carbons (Fsp3) is 0.471. The molecule has 2 aromatic carbocycles. The fourth-order valence-corrected chi connectivity index (χ4v) is 4.95. The molecule has 2 unspecified atom stereocenters. The fourth-order valence-electron chi connectivity index (χ4n) is 4.95. The Balaban J connectivity index is 0.000000694. The minimum absolute atomic E-state index is 0.0402. The molecular weight excluding hydrogens is 622 g/mol. The highest BCUT2D eigenvalue weighted by molar-refractivity contribution is 6.00. The normalized spacial score (nSPS) is 17.1. The summed E-state index contributed by atoms with van der Waals surface area (Å²) in [6, 6.07) is 16.8. The summed E-state index contributed by atoms with van der Waals surface area (Å²) in [5.41, 5.74) is 6.27. The molecule has 0 aliphatic carbocycles. The highest BCUT2D eigenvalue weighted by Gasteiger charge is 2.38. The van der Waals surface area contributed by atoms with E-state index in [0.717, 1.165) is 21.8 Å². The number of primary amides is 1. The second-order valence-electron chi connectivity index (χ2n) is 12.6. The maximum atomic E-state index is 12.7. The van der Waals surface area contributed by atoms with Crippen LogP contribution in [0, 0.1) is 0 Å². The van der Waals surface area contributed by atoms with E-state index in [-0.39, 0.29) is 56.5 Å². The van der Waals surface area contributed by atoms with Crippen LogP contribution in [0.25, 0.3) is 0 Å². The molecule has 260 valence electrons. The minimum atomic E-state index is -0.725. The molecule has 2 atom stereocenters. The number of imide groups is 2. The van der Waals surface area contributed by atoms with Gasteiger partial charge in [0.25, 0.3) is 0 Å². The maximum Gasteiger partial charge on any atom is 0.405 e. The van der Waals surface area contributed by atoms with Gasteiger partial charge in [0.15, 0.2) is 6.73 Å². The number of nitrogens with zero attached hydrogens (tertiary/aromatic N) is 3. The molecule has 14 heteroatoms. The smallest absolute Gasteiger partial charge is 0.405 e. The van der Waals surface area contributed by atoms with Crippen molar-refractivity contribution in [3.63, 3.8) is 0 Å². The number of benzene rings is 2. The van der Waals surface area contributed by atoms with E-state index in [1.807, 2.05) is 68.4 Å². The quantitative estimate of drug-likeness (QED) is 0.265. The van der Waals surface area contributed by atoms with Crippen LogP contribution in [0.2, 0.25) is 0 Å². The van der Waals surface area contributed by atoms with Crippen LogP contribution in [0.3, 0.4) is 0 Å². The maximum absolute atomic E-state index is 12.7. The van der Waals surface area contributed by atoms with Crippen LogP contribution in [0.4, 0.5) is 4.79 Å². The van der Waals surface area contributed by atoms with Crippen molar-refractivity contribution >= 4 is 35.7 Å². The first-order chi connectivity index (χ1) is 22.6. The number of hydrogen-bond acceptors (Lipinski definition) is 11.